The fourth-order valence-corrected chi connectivity index (χ4v) is 3.19. The first-order valence-corrected chi connectivity index (χ1v) is 8.29. The fraction of sp³-hybridized carbons (Fsp3) is 0.462. The number of hydrogen-bond donors (Lipinski definition) is 2. The van der Waals surface area contributed by atoms with Crippen molar-refractivity contribution < 1.29 is 13.2 Å². The maximum absolute atomic E-state index is 12.0. The normalized spacial score (nSPS) is 13.2. The van der Waals surface area contributed by atoms with Gasteiger partial charge in [0.2, 0.25) is 5.91 Å². The molecular formula is C13H19ClN2O3S. The Labute approximate surface area is 124 Å². The van der Waals surface area contributed by atoms with Crippen LogP contribution in [0.15, 0.2) is 18.2 Å². The monoisotopic (exact) mass is 318 g/mol. The number of halogens is 1. The molecule has 0 radical (unpaired) electrons. The van der Waals surface area contributed by atoms with E-state index in [-0.39, 0.29) is 5.92 Å². The van der Waals surface area contributed by atoms with Crippen LogP contribution in [-0.2, 0) is 14.6 Å². The molecule has 0 aromatic heterocycles. The number of hydrogen-bond acceptors (Lipinski definition) is 4. The van der Waals surface area contributed by atoms with Crippen LogP contribution >= 0.6 is 11.6 Å². The molecule has 0 spiro atoms. The molecule has 0 saturated carbocycles. The number of carbonyl (C=O) groups is 1. The number of rotatable bonds is 5. The van der Waals surface area contributed by atoms with E-state index >= 15 is 0 Å². The van der Waals surface area contributed by atoms with Crippen molar-refractivity contribution in [1.29, 1.82) is 0 Å². The zero-order chi connectivity index (χ0) is 15.5. The number of benzene rings is 1. The Morgan fingerprint density at radius 2 is 1.95 bits per heavy atom. The van der Waals surface area contributed by atoms with Crippen molar-refractivity contribution in [3.05, 3.63) is 23.2 Å². The van der Waals surface area contributed by atoms with Crippen molar-refractivity contribution in [3.8, 4) is 0 Å². The van der Waals surface area contributed by atoms with Crippen LogP contribution in [0.1, 0.15) is 20.8 Å². The van der Waals surface area contributed by atoms with E-state index < -0.39 is 26.7 Å². The van der Waals surface area contributed by atoms with E-state index in [1.165, 1.54) is 12.1 Å². The minimum Gasteiger partial charge on any atom is -0.397 e. The minimum atomic E-state index is -3.47. The summed E-state index contributed by atoms with van der Waals surface area (Å²) in [7, 11) is -3.47. The summed E-state index contributed by atoms with van der Waals surface area (Å²) in [6, 6.07) is 4.59. The third-order valence-corrected chi connectivity index (χ3v) is 5.80. The molecule has 3 N–H and O–H groups in total. The second kappa shape index (κ2) is 6.45. The molecule has 0 fully saturated rings. The first-order valence-electron chi connectivity index (χ1n) is 6.20. The highest BCUT2D eigenvalue weighted by Gasteiger charge is 2.26. The molecule has 112 valence electrons. The Morgan fingerprint density at radius 3 is 2.45 bits per heavy atom. The summed E-state index contributed by atoms with van der Waals surface area (Å²) in [4.78, 5) is 11.8. The molecule has 1 aromatic rings. The number of nitrogens with two attached hydrogens (primary N) is 1. The Hall–Kier alpha value is -1.27. The van der Waals surface area contributed by atoms with Gasteiger partial charge in [0.05, 0.1) is 16.0 Å². The second-order valence-electron chi connectivity index (χ2n) is 5.04. The zero-order valence-corrected chi connectivity index (χ0v) is 13.3. The molecule has 1 atom stereocenters. The molecule has 7 heteroatoms. The molecule has 1 amide bonds. The summed E-state index contributed by atoms with van der Waals surface area (Å²) in [6.45, 7) is 5.22. The van der Waals surface area contributed by atoms with Gasteiger partial charge in [0.15, 0.2) is 9.84 Å². The Balaban J connectivity index is 2.75. The second-order valence-corrected chi connectivity index (χ2v) is 7.81. The zero-order valence-electron chi connectivity index (χ0n) is 11.7. The first-order chi connectivity index (χ1) is 9.13. The average Bonchev–Trinajstić information content (AvgIpc) is 2.32. The SMILES string of the molecule is CC(C)C(C)S(=O)(=O)CC(=O)Nc1ccc(Cl)c(N)c1. The van der Waals surface area contributed by atoms with E-state index in [0.717, 1.165) is 0 Å². The number of nitrogen functional groups attached to an aromatic ring is 1. The van der Waals surface area contributed by atoms with Gasteiger partial charge in [0, 0.05) is 5.69 Å². The van der Waals surface area contributed by atoms with Crippen molar-refractivity contribution in [2.75, 3.05) is 16.8 Å². The van der Waals surface area contributed by atoms with Gasteiger partial charge >= 0.3 is 0 Å². The highest BCUT2D eigenvalue weighted by molar-refractivity contribution is 7.92. The van der Waals surface area contributed by atoms with Crippen LogP contribution < -0.4 is 11.1 Å². The lowest BCUT2D eigenvalue weighted by Crippen LogP contribution is -2.32. The number of amides is 1. The van der Waals surface area contributed by atoms with E-state index in [1.807, 2.05) is 0 Å². The van der Waals surface area contributed by atoms with E-state index in [2.05, 4.69) is 5.32 Å². The molecule has 0 aliphatic heterocycles. The van der Waals surface area contributed by atoms with Crippen LogP contribution in [-0.4, -0.2) is 25.3 Å². The van der Waals surface area contributed by atoms with Gasteiger partial charge in [-0.05, 0) is 31.0 Å². The van der Waals surface area contributed by atoms with Gasteiger partial charge in [-0.2, -0.15) is 0 Å². The molecule has 0 heterocycles. The van der Waals surface area contributed by atoms with Crippen LogP contribution in [0, 0.1) is 5.92 Å². The van der Waals surface area contributed by atoms with Gasteiger partial charge in [-0.15, -0.1) is 0 Å². The molecule has 0 saturated heterocycles. The predicted octanol–water partition coefficient (Wildman–Crippen LogP) is 2.32. The van der Waals surface area contributed by atoms with Crippen LogP contribution in [0.5, 0.6) is 0 Å². The van der Waals surface area contributed by atoms with Crippen LogP contribution in [0.4, 0.5) is 11.4 Å². The molecule has 1 rings (SSSR count). The smallest absolute Gasteiger partial charge is 0.239 e. The Kier molecular flexibility index (Phi) is 5.42. The topological polar surface area (TPSA) is 89.3 Å². The molecule has 20 heavy (non-hydrogen) atoms. The highest BCUT2D eigenvalue weighted by atomic mass is 35.5. The maximum atomic E-state index is 12.0. The summed E-state index contributed by atoms with van der Waals surface area (Å²) in [6.07, 6.45) is 0. The van der Waals surface area contributed by atoms with Crippen LogP contribution in [0.25, 0.3) is 0 Å². The molecular weight excluding hydrogens is 300 g/mol. The van der Waals surface area contributed by atoms with Gasteiger partial charge in [0.25, 0.3) is 0 Å². The fourth-order valence-electron chi connectivity index (χ4n) is 1.55. The van der Waals surface area contributed by atoms with E-state index in [4.69, 9.17) is 17.3 Å². The van der Waals surface area contributed by atoms with Gasteiger partial charge in [-0.25, -0.2) is 8.42 Å². The Bertz CT molecular complexity index is 600. The molecule has 0 aliphatic rings. The van der Waals surface area contributed by atoms with Gasteiger partial charge in [-0.1, -0.05) is 25.4 Å². The van der Waals surface area contributed by atoms with Crippen molar-refractivity contribution in [1.82, 2.24) is 0 Å². The number of sulfone groups is 1. The summed E-state index contributed by atoms with van der Waals surface area (Å²) >= 11 is 5.77. The summed E-state index contributed by atoms with van der Waals surface area (Å²) in [5.74, 6) is -1.17. The first kappa shape index (κ1) is 16.8. The van der Waals surface area contributed by atoms with Crippen molar-refractivity contribution in [2.24, 2.45) is 5.92 Å². The Morgan fingerprint density at radius 1 is 1.35 bits per heavy atom. The van der Waals surface area contributed by atoms with Gasteiger partial charge < -0.3 is 11.1 Å². The largest absolute Gasteiger partial charge is 0.397 e. The van der Waals surface area contributed by atoms with Crippen molar-refractivity contribution in [3.63, 3.8) is 0 Å². The van der Waals surface area contributed by atoms with Crippen molar-refractivity contribution in [2.45, 2.75) is 26.0 Å². The minimum absolute atomic E-state index is 0.0426. The van der Waals surface area contributed by atoms with Crippen molar-refractivity contribution >= 4 is 38.7 Å². The third-order valence-electron chi connectivity index (χ3n) is 3.12. The van der Waals surface area contributed by atoms with Gasteiger partial charge in [-0.3, -0.25) is 4.79 Å². The van der Waals surface area contributed by atoms with Gasteiger partial charge in [0.1, 0.15) is 5.75 Å². The molecule has 1 aromatic carbocycles. The van der Waals surface area contributed by atoms with E-state index in [9.17, 15) is 13.2 Å². The van der Waals surface area contributed by atoms with Crippen LogP contribution in [0.2, 0.25) is 5.02 Å². The molecule has 1 unspecified atom stereocenters. The van der Waals surface area contributed by atoms with E-state index in [1.54, 1.807) is 26.8 Å². The number of nitrogens with one attached hydrogen (secondary N) is 1. The lowest BCUT2D eigenvalue weighted by atomic mass is 10.2. The number of anilines is 2. The summed E-state index contributed by atoms with van der Waals surface area (Å²) in [5.41, 5.74) is 6.35. The summed E-state index contributed by atoms with van der Waals surface area (Å²) < 4.78 is 24.0. The average molecular weight is 319 g/mol. The number of carbonyl (C=O) groups excluding carboxylic acids is 1. The molecule has 5 nitrogen and oxygen atoms in total. The lowest BCUT2D eigenvalue weighted by molar-refractivity contribution is -0.113. The molecule has 0 aliphatic carbocycles. The standard InChI is InChI=1S/C13H19ClN2O3S/c1-8(2)9(3)20(18,19)7-13(17)16-10-4-5-11(14)12(15)6-10/h4-6,8-9H,7,15H2,1-3H3,(H,16,17). The predicted molar refractivity (Wildman–Crippen MR) is 82.6 cm³/mol. The molecule has 0 bridgehead atoms. The summed E-state index contributed by atoms with van der Waals surface area (Å²) in [5, 5.41) is 2.32. The lowest BCUT2D eigenvalue weighted by Gasteiger charge is -2.16. The van der Waals surface area contributed by atoms with E-state index in [0.29, 0.717) is 16.4 Å². The quantitative estimate of drug-likeness (QED) is 0.815. The maximum Gasteiger partial charge on any atom is 0.239 e. The van der Waals surface area contributed by atoms with Crippen LogP contribution in [0.3, 0.4) is 0 Å². The highest BCUT2D eigenvalue weighted by Crippen LogP contribution is 2.22. The third kappa shape index (κ3) is 4.38.